The minimum absolute atomic E-state index is 0.0477. The molecular formula is C15H16F4. The number of halogens is 4. The maximum atomic E-state index is 13.7. The van der Waals surface area contributed by atoms with E-state index >= 15 is 0 Å². The first-order valence-corrected chi connectivity index (χ1v) is 6.74. The third kappa shape index (κ3) is 1.87. The van der Waals surface area contributed by atoms with E-state index in [0.717, 1.165) is 6.07 Å². The Bertz CT molecular complexity index is 509. The first kappa shape index (κ1) is 12.9. The lowest BCUT2D eigenvalue weighted by Crippen LogP contribution is -2.23. The molecule has 3 atom stereocenters. The third-order valence-electron chi connectivity index (χ3n) is 4.96. The molecule has 0 saturated heterocycles. The predicted octanol–water partition coefficient (Wildman–Crippen LogP) is 4.81. The smallest absolute Gasteiger partial charge is 0.207 e. The normalized spacial score (nSPS) is 32.6. The highest BCUT2D eigenvalue weighted by molar-refractivity contribution is 5.33. The molecule has 1 unspecified atom stereocenters. The average molecular weight is 272 g/mol. The molecular weight excluding hydrogens is 256 g/mol. The summed E-state index contributed by atoms with van der Waals surface area (Å²) in [6.07, 6.45) is 1.56. The van der Waals surface area contributed by atoms with Crippen LogP contribution in [0.3, 0.4) is 0 Å². The van der Waals surface area contributed by atoms with Gasteiger partial charge in [-0.15, -0.1) is 0 Å². The third-order valence-corrected chi connectivity index (χ3v) is 4.96. The number of fused-ring (bicyclic) bond motifs is 1. The number of hydrogen-bond donors (Lipinski definition) is 0. The molecule has 0 nitrogen and oxygen atoms in total. The van der Waals surface area contributed by atoms with Gasteiger partial charge in [0.25, 0.3) is 5.92 Å². The van der Waals surface area contributed by atoms with Gasteiger partial charge in [-0.1, -0.05) is 6.07 Å². The van der Waals surface area contributed by atoms with E-state index in [1.807, 2.05) is 0 Å². The van der Waals surface area contributed by atoms with Crippen LogP contribution in [-0.2, 0) is 0 Å². The minimum Gasteiger partial charge on any atom is -0.207 e. The second-order valence-corrected chi connectivity index (χ2v) is 5.83. The van der Waals surface area contributed by atoms with E-state index in [4.69, 9.17) is 0 Å². The van der Waals surface area contributed by atoms with Crippen LogP contribution in [0.2, 0.25) is 0 Å². The van der Waals surface area contributed by atoms with Crippen molar-refractivity contribution in [1.82, 2.24) is 0 Å². The summed E-state index contributed by atoms with van der Waals surface area (Å²) in [4.78, 5) is 0. The molecule has 2 aliphatic carbocycles. The van der Waals surface area contributed by atoms with Gasteiger partial charge in [0.05, 0.1) is 0 Å². The summed E-state index contributed by atoms with van der Waals surface area (Å²) < 4.78 is 54.2. The van der Waals surface area contributed by atoms with Crippen molar-refractivity contribution in [2.45, 2.75) is 44.4 Å². The molecule has 0 N–H and O–H groups in total. The van der Waals surface area contributed by atoms with Gasteiger partial charge in [0, 0.05) is 12.3 Å². The summed E-state index contributed by atoms with van der Waals surface area (Å²) in [6, 6.07) is 2.68. The molecule has 0 aromatic heterocycles. The lowest BCUT2D eigenvalue weighted by molar-refractivity contribution is -0.0409. The second kappa shape index (κ2) is 4.22. The topological polar surface area (TPSA) is 0 Å². The Morgan fingerprint density at radius 2 is 1.84 bits per heavy atom. The standard InChI is InChI=1S/C15H16F4/c1-8-9(3-5-13(16)14(8)17)10-2-4-12-11(10)6-7-15(12,18)19/h3,5,10-12H,2,4,6-7H2,1H3/t10?,11-,12+/m1/s1. The quantitative estimate of drug-likeness (QED) is 0.643. The van der Waals surface area contributed by atoms with E-state index < -0.39 is 23.5 Å². The Hall–Kier alpha value is -1.06. The second-order valence-electron chi connectivity index (χ2n) is 5.83. The Kier molecular flexibility index (Phi) is 2.88. The van der Waals surface area contributed by atoms with Crippen LogP contribution in [0.25, 0.3) is 0 Å². The zero-order valence-corrected chi connectivity index (χ0v) is 10.7. The maximum Gasteiger partial charge on any atom is 0.251 e. The van der Waals surface area contributed by atoms with Crippen LogP contribution in [0.4, 0.5) is 17.6 Å². The monoisotopic (exact) mass is 272 g/mol. The van der Waals surface area contributed by atoms with E-state index in [0.29, 0.717) is 24.8 Å². The highest BCUT2D eigenvalue weighted by atomic mass is 19.3. The van der Waals surface area contributed by atoms with Gasteiger partial charge >= 0.3 is 0 Å². The number of hydrogen-bond acceptors (Lipinski definition) is 0. The van der Waals surface area contributed by atoms with Crippen molar-refractivity contribution < 1.29 is 17.6 Å². The van der Waals surface area contributed by atoms with Crippen molar-refractivity contribution in [3.05, 3.63) is 34.9 Å². The van der Waals surface area contributed by atoms with Crippen LogP contribution in [0.5, 0.6) is 0 Å². The van der Waals surface area contributed by atoms with Crippen LogP contribution in [0, 0.1) is 30.4 Å². The summed E-state index contributed by atoms with van der Waals surface area (Å²) in [6.45, 7) is 1.54. The maximum absolute atomic E-state index is 13.7. The molecule has 0 spiro atoms. The molecule has 0 bridgehead atoms. The fourth-order valence-electron chi connectivity index (χ4n) is 3.99. The summed E-state index contributed by atoms with van der Waals surface area (Å²) in [7, 11) is 0. The minimum atomic E-state index is -2.58. The number of benzene rings is 1. The molecule has 2 aliphatic rings. The SMILES string of the molecule is Cc1c(C2CC[C@H]3[C@@H]2CCC3(F)F)ccc(F)c1F. The van der Waals surface area contributed by atoms with E-state index in [9.17, 15) is 17.6 Å². The van der Waals surface area contributed by atoms with Crippen LogP contribution in [0.1, 0.15) is 42.7 Å². The van der Waals surface area contributed by atoms with E-state index in [2.05, 4.69) is 0 Å². The molecule has 19 heavy (non-hydrogen) atoms. The Balaban J connectivity index is 1.95. The Morgan fingerprint density at radius 3 is 2.58 bits per heavy atom. The van der Waals surface area contributed by atoms with Crippen LogP contribution in [0.15, 0.2) is 12.1 Å². The molecule has 4 heteroatoms. The molecule has 3 rings (SSSR count). The summed E-state index contributed by atoms with van der Waals surface area (Å²) in [5.41, 5.74) is 0.991. The number of alkyl halides is 2. The van der Waals surface area contributed by atoms with Crippen LogP contribution in [-0.4, -0.2) is 5.92 Å². The van der Waals surface area contributed by atoms with Gasteiger partial charge in [-0.25, -0.2) is 17.6 Å². The van der Waals surface area contributed by atoms with Gasteiger partial charge in [-0.3, -0.25) is 0 Å². The first-order chi connectivity index (χ1) is 8.92. The number of rotatable bonds is 1. The molecule has 0 aliphatic heterocycles. The van der Waals surface area contributed by atoms with Gasteiger partial charge in [0.1, 0.15) is 0 Å². The predicted molar refractivity (Wildman–Crippen MR) is 64.2 cm³/mol. The van der Waals surface area contributed by atoms with Crippen molar-refractivity contribution >= 4 is 0 Å². The molecule has 0 amide bonds. The molecule has 0 heterocycles. The summed E-state index contributed by atoms with van der Waals surface area (Å²) >= 11 is 0. The Labute approximate surface area is 109 Å². The van der Waals surface area contributed by atoms with E-state index in [-0.39, 0.29) is 23.8 Å². The first-order valence-electron chi connectivity index (χ1n) is 6.74. The van der Waals surface area contributed by atoms with Crippen molar-refractivity contribution in [2.24, 2.45) is 11.8 Å². The van der Waals surface area contributed by atoms with Crippen molar-refractivity contribution in [3.63, 3.8) is 0 Å². The lowest BCUT2D eigenvalue weighted by Gasteiger charge is -2.22. The fraction of sp³-hybridized carbons (Fsp3) is 0.600. The summed E-state index contributed by atoms with van der Waals surface area (Å²) in [5.74, 6) is -5.00. The summed E-state index contributed by atoms with van der Waals surface area (Å²) in [5, 5.41) is 0. The van der Waals surface area contributed by atoms with Crippen molar-refractivity contribution in [1.29, 1.82) is 0 Å². The fourth-order valence-corrected chi connectivity index (χ4v) is 3.99. The molecule has 1 aromatic carbocycles. The Morgan fingerprint density at radius 1 is 1.11 bits per heavy atom. The van der Waals surface area contributed by atoms with Crippen LogP contribution < -0.4 is 0 Å². The molecule has 2 fully saturated rings. The van der Waals surface area contributed by atoms with Gasteiger partial charge in [0.2, 0.25) is 0 Å². The van der Waals surface area contributed by atoms with E-state index in [1.165, 1.54) is 6.92 Å². The molecule has 0 radical (unpaired) electrons. The molecule has 2 saturated carbocycles. The average Bonchev–Trinajstić information content (AvgIpc) is 2.89. The van der Waals surface area contributed by atoms with Crippen LogP contribution >= 0.6 is 0 Å². The van der Waals surface area contributed by atoms with Gasteiger partial charge < -0.3 is 0 Å². The lowest BCUT2D eigenvalue weighted by atomic mass is 9.84. The molecule has 104 valence electrons. The highest BCUT2D eigenvalue weighted by Crippen LogP contribution is 2.58. The highest BCUT2D eigenvalue weighted by Gasteiger charge is 2.55. The largest absolute Gasteiger partial charge is 0.251 e. The van der Waals surface area contributed by atoms with Gasteiger partial charge in [-0.2, -0.15) is 0 Å². The van der Waals surface area contributed by atoms with E-state index in [1.54, 1.807) is 6.07 Å². The van der Waals surface area contributed by atoms with Gasteiger partial charge in [0.15, 0.2) is 11.6 Å². The van der Waals surface area contributed by atoms with Crippen molar-refractivity contribution in [2.75, 3.05) is 0 Å². The van der Waals surface area contributed by atoms with Crippen molar-refractivity contribution in [3.8, 4) is 0 Å². The van der Waals surface area contributed by atoms with Gasteiger partial charge in [-0.05, 0) is 55.2 Å². The molecule has 1 aromatic rings. The zero-order chi connectivity index (χ0) is 13.8. The zero-order valence-electron chi connectivity index (χ0n) is 10.7.